The number of carbonyl (C=O) groups is 1. The third kappa shape index (κ3) is 3.55. The molecule has 0 N–H and O–H groups in total. The third-order valence-corrected chi connectivity index (χ3v) is 7.01. The van der Waals surface area contributed by atoms with Crippen molar-refractivity contribution in [3.8, 4) is 16.5 Å². The summed E-state index contributed by atoms with van der Waals surface area (Å²) in [6.07, 6.45) is 5.21. The first-order valence-electron chi connectivity index (χ1n) is 10.1. The molecule has 1 aliphatic heterocycles. The summed E-state index contributed by atoms with van der Waals surface area (Å²) in [6, 6.07) is 10.00. The lowest BCUT2D eigenvalue weighted by molar-refractivity contribution is -0.128. The summed E-state index contributed by atoms with van der Waals surface area (Å²) >= 11 is 1.76. The first-order valence-corrected chi connectivity index (χ1v) is 10.9. The summed E-state index contributed by atoms with van der Waals surface area (Å²) in [5.41, 5.74) is 2.43. The number of nitrogens with zero attached hydrogens (tertiary/aromatic N) is 3. The highest BCUT2D eigenvalue weighted by molar-refractivity contribution is 7.15. The Kier molecular flexibility index (Phi) is 4.83. The number of amides is 1. The van der Waals surface area contributed by atoms with Crippen molar-refractivity contribution in [1.29, 1.82) is 0 Å². The van der Waals surface area contributed by atoms with Crippen molar-refractivity contribution in [2.45, 2.75) is 44.6 Å². The van der Waals surface area contributed by atoms with Crippen LogP contribution in [0.15, 0.2) is 34.9 Å². The van der Waals surface area contributed by atoms with Gasteiger partial charge in [0.25, 0.3) is 5.89 Å². The summed E-state index contributed by atoms with van der Waals surface area (Å²) < 4.78 is 11.0. The quantitative estimate of drug-likeness (QED) is 0.632. The van der Waals surface area contributed by atoms with Gasteiger partial charge >= 0.3 is 0 Å². The molecule has 6 nitrogen and oxygen atoms in total. The van der Waals surface area contributed by atoms with Gasteiger partial charge in [0.1, 0.15) is 5.75 Å². The highest BCUT2D eigenvalue weighted by Gasteiger charge is 2.34. The van der Waals surface area contributed by atoms with Gasteiger partial charge in [0.05, 0.1) is 12.0 Å². The van der Waals surface area contributed by atoms with Crippen LogP contribution in [0, 0.1) is 0 Å². The number of hydrogen-bond donors (Lipinski definition) is 0. The number of rotatable bonds is 5. The summed E-state index contributed by atoms with van der Waals surface area (Å²) in [4.78, 5) is 21.6. The Hall–Kier alpha value is -2.67. The Morgan fingerprint density at radius 2 is 2.14 bits per heavy atom. The first-order chi connectivity index (χ1) is 14.2. The van der Waals surface area contributed by atoms with Crippen molar-refractivity contribution in [3.05, 3.63) is 52.2 Å². The predicted molar refractivity (Wildman–Crippen MR) is 110 cm³/mol. The van der Waals surface area contributed by atoms with E-state index in [1.54, 1.807) is 18.4 Å². The van der Waals surface area contributed by atoms with Crippen LogP contribution in [-0.4, -0.2) is 34.6 Å². The zero-order valence-corrected chi connectivity index (χ0v) is 17.2. The van der Waals surface area contributed by atoms with Crippen molar-refractivity contribution < 1.29 is 14.1 Å². The Morgan fingerprint density at radius 3 is 3.00 bits per heavy atom. The van der Waals surface area contributed by atoms with E-state index >= 15 is 0 Å². The Bertz CT molecular complexity index is 1020. The maximum Gasteiger partial charge on any atom is 0.268 e. The van der Waals surface area contributed by atoms with Gasteiger partial charge in [0.15, 0.2) is 5.82 Å². The number of thiophene rings is 1. The molecule has 150 valence electrons. The first kappa shape index (κ1) is 18.4. The molecule has 1 amide bonds. The molecule has 7 heteroatoms. The minimum Gasteiger partial charge on any atom is -0.496 e. The molecule has 0 saturated carbocycles. The van der Waals surface area contributed by atoms with Crippen LogP contribution in [0.25, 0.3) is 10.8 Å². The molecule has 5 rings (SSSR count). The fraction of sp³-hybridized carbons (Fsp3) is 0.409. The van der Waals surface area contributed by atoms with Gasteiger partial charge < -0.3 is 14.2 Å². The van der Waals surface area contributed by atoms with Crippen molar-refractivity contribution in [1.82, 2.24) is 15.0 Å². The minimum absolute atomic E-state index is 0.0377. The average molecular weight is 410 g/mol. The number of methoxy groups -OCH3 is 1. The number of benzene rings is 1. The van der Waals surface area contributed by atoms with E-state index in [1.807, 2.05) is 29.2 Å². The molecule has 1 fully saturated rings. The van der Waals surface area contributed by atoms with Crippen LogP contribution in [-0.2, 0) is 24.2 Å². The smallest absolute Gasteiger partial charge is 0.268 e. The summed E-state index contributed by atoms with van der Waals surface area (Å²) in [5, 5.41) is 4.21. The van der Waals surface area contributed by atoms with Crippen molar-refractivity contribution in [3.63, 3.8) is 0 Å². The number of carbonyl (C=O) groups excluding carboxylic acids is 1. The van der Waals surface area contributed by atoms with Crippen LogP contribution in [0.3, 0.4) is 0 Å². The van der Waals surface area contributed by atoms with E-state index < -0.39 is 0 Å². The lowest BCUT2D eigenvalue weighted by atomic mass is 9.99. The number of aryl methyl sites for hydroxylation is 2. The zero-order valence-electron chi connectivity index (χ0n) is 16.4. The number of likely N-dealkylation sites (tertiary alicyclic amines) is 1. The number of para-hydroxylation sites is 1. The van der Waals surface area contributed by atoms with Gasteiger partial charge in [-0.05, 0) is 43.4 Å². The lowest BCUT2D eigenvalue weighted by Crippen LogP contribution is -2.24. The van der Waals surface area contributed by atoms with Crippen LogP contribution in [0.2, 0.25) is 0 Å². The predicted octanol–water partition coefficient (Wildman–Crippen LogP) is 4.20. The van der Waals surface area contributed by atoms with Gasteiger partial charge in [-0.2, -0.15) is 4.98 Å². The highest BCUT2D eigenvalue weighted by atomic mass is 32.1. The molecular weight excluding hydrogens is 386 g/mol. The minimum atomic E-state index is -0.0377. The number of ether oxygens (including phenoxy) is 1. The van der Waals surface area contributed by atoms with Gasteiger partial charge in [-0.15, -0.1) is 11.3 Å². The molecule has 2 aliphatic rings. The van der Waals surface area contributed by atoms with Crippen LogP contribution < -0.4 is 4.74 Å². The largest absolute Gasteiger partial charge is 0.496 e. The number of aromatic nitrogens is 2. The van der Waals surface area contributed by atoms with Gasteiger partial charge in [-0.1, -0.05) is 23.4 Å². The molecule has 0 bridgehead atoms. The van der Waals surface area contributed by atoms with E-state index in [0.717, 1.165) is 29.0 Å². The van der Waals surface area contributed by atoms with Gasteiger partial charge in [-0.3, -0.25) is 4.79 Å². The van der Waals surface area contributed by atoms with Crippen molar-refractivity contribution in [2.75, 3.05) is 13.7 Å². The van der Waals surface area contributed by atoms with E-state index in [0.29, 0.717) is 31.2 Å². The second kappa shape index (κ2) is 7.63. The molecule has 0 radical (unpaired) electrons. The molecular formula is C22H23N3O3S. The molecule has 1 saturated heterocycles. The summed E-state index contributed by atoms with van der Waals surface area (Å²) in [5.74, 6) is 2.08. The molecule has 1 aromatic carbocycles. The van der Waals surface area contributed by atoms with Gasteiger partial charge in [-0.25, -0.2) is 0 Å². The standard InChI is InChI=1S/C22H23N3O3S/c1-27-17-8-4-2-7-15(17)12-25-13-16(11-20(25)26)21-23-22(28-24-21)19-10-14-6-3-5-9-18(14)29-19/h2,4,7-8,10,16H,3,5-6,9,11-13H2,1H3. The molecule has 0 spiro atoms. The average Bonchev–Trinajstić information content (AvgIpc) is 3.46. The fourth-order valence-corrected chi connectivity index (χ4v) is 5.41. The molecule has 3 heterocycles. The monoisotopic (exact) mass is 409 g/mol. The highest BCUT2D eigenvalue weighted by Crippen LogP contribution is 2.36. The third-order valence-electron chi connectivity index (χ3n) is 5.78. The molecule has 1 unspecified atom stereocenters. The maximum absolute atomic E-state index is 12.6. The van der Waals surface area contributed by atoms with Gasteiger partial charge in [0.2, 0.25) is 5.91 Å². The Labute approximate surface area is 173 Å². The molecule has 1 aliphatic carbocycles. The van der Waals surface area contributed by atoms with Crippen LogP contribution >= 0.6 is 11.3 Å². The van der Waals surface area contributed by atoms with Crippen molar-refractivity contribution >= 4 is 17.2 Å². The van der Waals surface area contributed by atoms with Gasteiger partial charge in [0, 0.05) is 35.9 Å². The fourth-order valence-electron chi connectivity index (χ4n) is 4.23. The molecule has 29 heavy (non-hydrogen) atoms. The van der Waals surface area contributed by atoms with E-state index in [9.17, 15) is 4.79 Å². The van der Waals surface area contributed by atoms with Crippen LogP contribution in [0.5, 0.6) is 5.75 Å². The topological polar surface area (TPSA) is 68.5 Å². The zero-order chi connectivity index (χ0) is 19.8. The Balaban J connectivity index is 1.31. The summed E-state index contributed by atoms with van der Waals surface area (Å²) in [6.45, 7) is 1.12. The van der Waals surface area contributed by atoms with Crippen molar-refractivity contribution in [2.24, 2.45) is 0 Å². The molecule has 1 atom stereocenters. The molecule has 3 aromatic rings. The maximum atomic E-state index is 12.6. The summed E-state index contributed by atoms with van der Waals surface area (Å²) in [7, 11) is 1.65. The second-order valence-corrected chi connectivity index (χ2v) is 8.85. The lowest BCUT2D eigenvalue weighted by Gasteiger charge is -2.17. The molecule has 2 aromatic heterocycles. The van der Waals surface area contributed by atoms with E-state index in [-0.39, 0.29) is 11.8 Å². The normalized spacial score (nSPS) is 18.9. The SMILES string of the molecule is COc1ccccc1CN1CC(c2noc(-c3cc4c(s3)CCCC4)n2)CC1=O. The number of fused-ring (bicyclic) bond motifs is 1. The number of hydrogen-bond acceptors (Lipinski definition) is 6. The second-order valence-electron chi connectivity index (χ2n) is 7.71. The van der Waals surface area contributed by atoms with E-state index in [2.05, 4.69) is 16.2 Å². The van der Waals surface area contributed by atoms with Crippen LogP contribution in [0.4, 0.5) is 0 Å². The van der Waals surface area contributed by atoms with Crippen LogP contribution in [0.1, 0.15) is 47.0 Å². The van der Waals surface area contributed by atoms with E-state index in [4.69, 9.17) is 9.26 Å². The Morgan fingerprint density at radius 1 is 1.28 bits per heavy atom. The van der Waals surface area contributed by atoms with E-state index in [1.165, 1.54) is 23.3 Å².